The van der Waals surface area contributed by atoms with E-state index in [2.05, 4.69) is 5.73 Å². The SMILES string of the molecule is C[NH3+].O.O=C([O-])[C@H](O)[C@@H](O)C(=O)O. The number of aliphatic hydroxyl groups excluding tert-OH is 2. The Bertz CT molecular complexity index is 141. The van der Waals surface area contributed by atoms with Gasteiger partial charge in [0.1, 0.15) is 6.10 Å². The van der Waals surface area contributed by atoms with Gasteiger partial charge in [0.15, 0.2) is 6.10 Å². The third kappa shape index (κ3) is 7.15. The van der Waals surface area contributed by atoms with Crippen LogP contribution in [0.3, 0.4) is 0 Å². The minimum atomic E-state index is -2.38. The highest BCUT2D eigenvalue weighted by atomic mass is 16.4. The average molecular weight is 199 g/mol. The van der Waals surface area contributed by atoms with Gasteiger partial charge in [-0.1, -0.05) is 0 Å². The fourth-order valence-electron chi connectivity index (χ4n) is 0.264. The van der Waals surface area contributed by atoms with E-state index in [1.54, 1.807) is 7.05 Å². The van der Waals surface area contributed by atoms with Crippen LogP contribution >= 0.6 is 0 Å². The van der Waals surface area contributed by atoms with Gasteiger partial charge in [0.05, 0.1) is 13.0 Å². The lowest BCUT2D eigenvalue weighted by Gasteiger charge is -2.13. The first-order valence-electron chi connectivity index (χ1n) is 2.97. The smallest absolute Gasteiger partial charge is 0.335 e. The molecule has 8 heteroatoms. The van der Waals surface area contributed by atoms with Crippen molar-refractivity contribution in [3.05, 3.63) is 0 Å². The maximum absolute atomic E-state index is 9.74. The Hall–Kier alpha value is -1.22. The Morgan fingerprint density at radius 3 is 1.62 bits per heavy atom. The summed E-state index contributed by atoms with van der Waals surface area (Å²) in [5.41, 5.74) is 3.25. The van der Waals surface area contributed by atoms with Gasteiger partial charge in [-0.05, 0) is 0 Å². The molecule has 0 saturated heterocycles. The largest absolute Gasteiger partial charge is 0.547 e. The van der Waals surface area contributed by atoms with Crippen LogP contribution in [0.25, 0.3) is 0 Å². The molecule has 0 aliphatic rings. The molecule has 0 aromatic carbocycles. The van der Waals surface area contributed by atoms with E-state index >= 15 is 0 Å². The summed E-state index contributed by atoms with van der Waals surface area (Å²) in [6, 6.07) is 0. The topological polar surface area (TPSA) is 177 Å². The van der Waals surface area contributed by atoms with E-state index in [0.717, 1.165) is 0 Å². The monoisotopic (exact) mass is 199 g/mol. The van der Waals surface area contributed by atoms with Gasteiger partial charge < -0.3 is 36.4 Å². The fourth-order valence-corrected chi connectivity index (χ4v) is 0.264. The molecule has 0 heterocycles. The lowest BCUT2D eigenvalue weighted by molar-refractivity contribution is -0.325. The van der Waals surface area contributed by atoms with E-state index in [9.17, 15) is 14.7 Å². The Morgan fingerprint density at radius 1 is 1.23 bits per heavy atom. The zero-order valence-electron chi connectivity index (χ0n) is 6.93. The molecular weight excluding hydrogens is 186 g/mol. The first kappa shape index (κ1) is 17.8. The highest BCUT2D eigenvalue weighted by Crippen LogP contribution is 1.90. The average Bonchev–Trinajstić information content (AvgIpc) is 2.05. The molecule has 2 atom stereocenters. The number of aliphatic carboxylic acids is 2. The number of hydrogen-bond acceptors (Lipinski definition) is 5. The van der Waals surface area contributed by atoms with Crippen LogP contribution in [0.1, 0.15) is 0 Å². The first-order chi connectivity index (χ1) is 5.46. The summed E-state index contributed by atoms with van der Waals surface area (Å²) >= 11 is 0. The Labute approximate surface area is 73.5 Å². The van der Waals surface area contributed by atoms with Crippen LogP contribution in [-0.2, 0) is 9.59 Å². The summed E-state index contributed by atoms with van der Waals surface area (Å²) in [7, 11) is 1.75. The predicted molar refractivity (Wildman–Crippen MR) is 37.1 cm³/mol. The summed E-state index contributed by atoms with van der Waals surface area (Å²) in [6.07, 6.45) is -4.71. The number of carboxylic acids is 2. The molecule has 0 aromatic rings. The lowest BCUT2D eigenvalue weighted by Crippen LogP contribution is -2.46. The van der Waals surface area contributed by atoms with Gasteiger partial charge in [-0.2, -0.15) is 0 Å². The molecule has 0 fully saturated rings. The molecule has 80 valence electrons. The van der Waals surface area contributed by atoms with Gasteiger partial charge in [-0.15, -0.1) is 0 Å². The Morgan fingerprint density at radius 2 is 1.54 bits per heavy atom. The highest BCUT2D eigenvalue weighted by molar-refractivity contribution is 5.81. The maximum Gasteiger partial charge on any atom is 0.335 e. The standard InChI is InChI=1S/C4H6O6.CH5N.H2O/c5-1(3(7)8)2(6)4(9)10;1-2;/h1-2,5-6H,(H,7,8)(H,9,10);2H2,1H3;1H2/t1-,2-;;/m1../s1. The van der Waals surface area contributed by atoms with Gasteiger partial charge >= 0.3 is 5.97 Å². The summed E-state index contributed by atoms with van der Waals surface area (Å²) in [4.78, 5) is 19.4. The summed E-state index contributed by atoms with van der Waals surface area (Å²) < 4.78 is 0. The normalized spacial score (nSPS) is 12.6. The molecular formula is C5H13NO7. The molecule has 0 aliphatic carbocycles. The highest BCUT2D eigenvalue weighted by Gasteiger charge is 2.23. The molecule has 8 N–H and O–H groups in total. The van der Waals surface area contributed by atoms with Crippen molar-refractivity contribution in [2.24, 2.45) is 0 Å². The molecule has 0 amide bonds. The van der Waals surface area contributed by atoms with Gasteiger partial charge in [0.25, 0.3) is 0 Å². The van der Waals surface area contributed by atoms with E-state index in [0.29, 0.717) is 0 Å². The quantitative estimate of drug-likeness (QED) is 0.352. The van der Waals surface area contributed by atoms with Crippen molar-refractivity contribution >= 4 is 11.9 Å². The van der Waals surface area contributed by atoms with E-state index < -0.39 is 24.1 Å². The molecule has 0 bridgehead atoms. The fraction of sp³-hybridized carbons (Fsp3) is 0.600. The predicted octanol–water partition coefficient (Wildman–Crippen LogP) is -5.42. The van der Waals surface area contributed by atoms with Crippen molar-refractivity contribution in [2.45, 2.75) is 12.2 Å². The zero-order chi connectivity index (χ0) is 10.3. The minimum absolute atomic E-state index is 0. The Kier molecular flexibility index (Phi) is 12.1. The van der Waals surface area contributed by atoms with E-state index in [1.807, 2.05) is 0 Å². The van der Waals surface area contributed by atoms with Crippen molar-refractivity contribution in [3.8, 4) is 0 Å². The first-order valence-corrected chi connectivity index (χ1v) is 2.97. The van der Waals surface area contributed by atoms with Crippen LogP contribution in [0, 0.1) is 0 Å². The molecule has 0 aromatic heterocycles. The second kappa shape index (κ2) is 8.87. The number of hydrogen-bond donors (Lipinski definition) is 4. The maximum atomic E-state index is 9.74. The number of carbonyl (C=O) groups is 2. The van der Waals surface area contributed by atoms with Gasteiger partial charge in [-0.3, -0.25) is 0 Å². The zero-order valence-corrected chi connectivity index (χ0v) is 6.93. The molecule has 0 rings (SSSR count). The summed E-state index contributed by atoms with van der Waals surface area (Å²) in [5.74, 6) is -3.83. The molecule has 0 unspecified atom stereocenters. The number of carbonyl (C=O) groups excluding carboxylic acids is 1. The van der Waals surface area contributed by atoms with Crippen molar-refractivity contribution in [1.29, 1.82) is 0 Å². The van der Waals surface area contributed by atoms with E-state index in [4.69, 9.17) is 15.3 Å². The molecule has 13 heavy (non-hydrogen) atoms. The van der Waals surface area contributed by atoms with Crippen molar-refractivity contribution in [3.63, 3.8) is 0 Å². The van der Waals surface area contributed by atoms with Gasteiger partial charge in [0, 0.05) is 0 Å². The second-order valence-corrected chi connectivity index (χ2v) is 1.55. The van der Waals surface area contributed by atoms with Crippen molar-refractivity contribution in [2.75, 3.05) is 7.05 Å². The third-order valence-corrected chi connectivity index (χ3v) is 0.794. The van der Waals surface area contributed by atoms with E-state index in [1.165, 1.54) is 0 Å². The molecule has 8 nitrogen and oxygen atoms in total. The summed E-state index contributed by atoms with van der Waals surface area (Å²) in [6.45, 7) is 0. The van der Waals surface area contributed by atoms with E-state index in [-0.39, 0.29) is 5.48 Å². The Balaban J connectivity index is -0.000000309. The second-order valence-electron chi connectivity index (χ2n) is 1.55. The van der Waals surface area contributed by atoms with Crippen molar-refractivity contribution < 1.29 is 41.2 Å². The summed E-state index contributed by atoms with van der Waals surface area (Å²) in [5, 5.41) is 34.1. The van der Waals surface area contributed by atoms with Crippen LogP contribution in [0.4, 0.5) is 0 Å². The third-order valence-electron chi connectivity index (χ3n) is 0.794. The number of aliphatic hydroxyl groups is 2. The number of quaternary nitrogens is 1. The van der Waals surface area contributed by atoms with Crippen LogP contribution in [-0.4, -0.2) is 52.0 Å². The molecule has 0 aliphatic heterocycles. The van der Waals surface area contributed by atoms with Crippen LogP contribution in [0.5, 0.6) is 0 Å². The van der Waals surface area contributed by atoms with Crippen LogP contribution in [0.2, 0.25) is 0 Å². The van der Waals surface area contributed by atoms with Crippen LogP contribution < -0.4 is 10.8 Å². The van der Waals surface area contributed by atoms with Crippen molar-refractivity contribution in [1.82, 2.24) is 0 Å². The number of rotatable bonds is 3. The van der Waals surface area contributed by atoms with Gasteiger partial charge in [0.2, 0.25) is 0 Å². The minimum Gasteiger partial charge on any atom is -0.547 e. The lowest BCUT2D eigenvalue weighted by atomic mass is 10.2. The van der Waals surface area contributed by atoms with Gasteiger partial charge in [-0.25, -0.2) is 4.79 Å². The molecule has 0 radical (unpaired) electrons. The van der Waals surface area contributed by atoms with Crippen LogP contribution in [0.15, 0.2) is 0 Å². The number of carboxylic acid groups (broad SMARTS) is 2. The molecule has 0 saturated carbocycles. The molecule has 0 spiro atoms.